The van der Waals surface area contributed by atoms with E-state index in [0.29, 0.717) is 6.47 Å². The number of alkyl halides is 1. The van der Waals surface area contributed by atoms with E-state index in [4.69, 9.17) is 0 Å². The maximum Gasteiger partial charge on any atom is 0.293 e. The van der Waals surface area contributed by atoms with Gasteiger partial charge in [0.25, 0.3) is 6.47 Å². The second-order valence-electron chi connectivity index (χ2n) is 4.41. The summed E-state index contributed by atoms with van der Waals surface area (Å²) in [5.41, 5.74) is 2.14. The number of carbonyl (C=O) groups is 1. The minimum atomic E-state index is -0.318. The van der Waals surface area contributed by atoms with Crippen LogP contribution in [0.5, 0.6) is 0 Å². The molecule has 0 bridgehead atoms. The molecule has 1 aromatic carbocycles. The van der Waals surface area contributed by atoms with Gasteiger partial charge < -0.3 is 10.1 Å². The first kappa shape index (κ1) is 25.0. The standard InChI is InChI=1S/C8H10BrN.C5H10O2.2C2H6/c1-10-8-4-2-7(6-9)3-5-8;1-5(2,3)7-4-6;2*1-2/h2-5,10H,6H2,1H3;4H,1-3H3;2*1-2H3. The average molecular weight is 362 g/mol. The molecule has 0 saturated carbocycles. The monoisotopic (exact) mass is 361 g/mol. The summed E-state index contributed by atoms with van der Waals surface area (Å²) < 4.78 is 4.55. The van der Waals surface area contributed by atoms with Crippen LogP contribution in [0.1, 0.15) is 54.0 Å². The molecule has 0 aliphatic heterocycles. The maximum atomic E-state index is 9.60. The van der Waals surface area contributed by atoms with Gasteiger partial charge in [-0.25, -0.2) is 0 Å². The molecule has 0 radical (unpaired) electrons. The summed E-state index contributed by atoms with van der Waals surface area (Å²) in [6, 6.07) is 8.33. The molecule has 3 nitrogen and oxygen atoms in total. The summed E-state index contributed by atoms with van der Waals surface area (Å²) in [6.07, 6.45) is 0. The Labute approximate surface area is 139 Å². The van der Waals surface area contributed by atoms with Gasteiger partial charge in [0.1, 0.15) is 5.60 Å². The van der Waals surface area contributed by atoms with Crippen LogP contribution in [0.25, 0.3) is 0 Å². The van der Waals surface area contributed by atoms with Gasteiger partial charge in [0.05, 0.1) is 0 Å². The minimum Gasteiger partial charge on any atom is -0.462 e. The van der Waals surface area contributed by atoms with E-state index in [0.717, 1.165) is 11.0 Å². The van der Waals surface area contributed by atoms with Crippen molar-refractivity contribution in [2.75, 3.05) is 12.4 Å². The van der Waals surface area contributed by atoms with Gasteiger partial charge in [-0.1, -0.05) is 55.8 Å². The number of benzene rings is 1. The molecule has 0 spiro atoms. The third-order valence-corrected chi connectivity index (χ3v) is 2.45. The Morgan fingerprint density at radius 2 is 1.52 bits per heavy atom. The largest absolute Gasteiger partial charge is 0.462 e. The molecule has 0 fully saturated rings. The van der Waals surface area contributed by atoms with Gasteiger partial charge in [-0.15, -0.1) is 0 Å². The van der Waals surface area contributed by atoms with E-state index < -0.39 is 0 Å². The van der Waals surface area contributed by atoms with Crippen LogP contribution >= 0.6 is 15.9 Å². The molecule has 1 aromatic rings. The van der Waals surface area contributed by atoms with Crippen molar-refractivity contribution in [3.8, 4) is 0 Å². The van der Waals surface area contributed by atoms with Crippen LogP contribution < -0.4 is 5.32 Å². The highest BCUT2D eigenvalue weighted by Gasteiger charge is 2.07. The molecule has 0 atom stereocenters. The van der Waals surface area contributed by atoms with Crippen LogP contribution in [0.2, 0.25) is 0 Å². The van der Waals surface area contributed by atoms with Gasteiger partial charge in [-0.2, -0.15) is 0 Å². The summed E-state index contributed by atoms with van der Waals surface area (Å²) in [7, 11) is 1.92. The fourth-order valence-electron chi connectivity index (χ4n) is 0.905. The van der Waals surface area contributed by atoms with E-state index in [-0.39, 0.29) is 5.60 Å². The fraction of sp³-hybridized carbons (Fsp3) is 0.588. The highest BCUT2D eigenvalue weighted by Crippen LogP contribution is 2.10. The lowest BCUT2D eigenvalue weighted by Crippen LogP contribution is -2.17. The SMILES string of the molecule is CC.CC.CC(C)(C)OC=O.CNc1ccc(CBr)cc1. The first-order valence-corrected chi connectivity index (χ1v) is 8.49. The van der Waals surface area contributed by atoms with E-state index in [1.165, 1.54) is 5.56 Å². The van der Waals surface area contributed by atoms with Gasteiger partial charge in [-0.3, -0.25) is 4.79 Å². The Balaban J connectivity index is -0.000000260. The molecule has 0 saturated heterocycles. The first-order valence-electron chi connectivity index (χ1n) is 7.37. The number of anilines is 1. The first-order chi connectivity index (χ1) is 9.92. The summed E-state index contributed by atoms with van der Waals surface area (Å²) in [4.78, 5) is 9.60. The van der Waals surface area contributed by atoms with Crippen molar-refractivity contribution in [1.82, 2.24) is 0 Å². The zero-order valence-electron chi connectivity index (χ0n) is 14.8. The molecular formula is C17H32BrNO2. The number of halogens is 1. The van der Waals surface area contributed by atoms with Crippen molar-refractivity contribution in [1.29, 1.82) is 0 Å². The predicted octanol–water partition coefficient (Wildman–Crippen LogP) is 5.63. The van der Waals surface area contributed by atoms with Crippen molar-refractivity contribution in [3.05, 3.63) is 29.8 Å². The molecule has 0 aliphatic rings. The summed E-state index contributed by atoms with van der Waals surface area (Å²) in [5.74, 6) is 0. The lowest BCUT2D eigenvalue weighted by Gasteiger charge is -2.14. The maximum absolute atomic E-state index is 9.60. The summed E-state index contributed by atoms with van der Waals surface area (Å²) >= 11 is 3.38. The second kappa shape index (κ2) is 17.0. The third kappa shape index (κ3) is 19.0. The van der Waals surface area contributed by atoms with Crippen LogP contribution in [0.15, 0.2) is 24.3 Å². The van der Waals surface area contributed by atoms with Gasteiger partial charge in [0, 0.05) is 18.1 Å². The van der Waals surface area contributed by atoms with E-state index >= 15 is 0 Å². The Morgan fingerprint density at radius 1 is 1.10 bits per heavy atom. The minimum absolute atomic E-state index is 0.318. The van der Waals surface area contributed by atoms with E-state index in [2.05, 4.69) is 50.2 Å². The van der Waals surface area contributed by atoms with Crippen LogP contribution in [0.4, 0.5) is 5.69 Å². The summed E-state index contributed by atoms with van der Waals surface area (Å²) in [6.45, 7) is 13.9. The fourth-order valence-corrected chi connectivity index (χ4v) is 1.28. The molecular weight excluding hydrogens is 330 g/mol. The van der Waals surface area contributed by atoms with Crippen LogP contribution in [0.3, 0.4) is 0 Å². The number of rotatable bonds is 3. The van der Waals surface area contributed by atoms with Crippen molar-refractivity contribution in [2.45, 2.75) is 59.4 Å². The van der Waals surface area contributed by atoms with Gasteiger partial charge >= 0.3 is 0 Å². The highest BCUT2D eigenvalue weighted by molar-refractivity contribution is 9.08. The molecule has 0 aromatic heterocycles. The van der Waals surface area contributed by atoms with E-state index in [9.17, 15) is 4.79 Å². The highest BCUT2D eigenvalue weighted by atomic mass is 79.9. The van der Waals surface area contributed by atoms with Gasteiger partial charge in [0.2, 0.25) is 0 Å². The zero-order valence-corrected chi connectivity index (χ0v) is 16.4. The van der Waals surface area contributed by atoms with Crippen LogP contribution in [-0.4, -0.2) is 19.1 Å². The van der Waals surface area contributed by atoms with E-state index in [1.807, 2.05) is 55.5 Å². The molecule has 21 heavy (non-hydrogen) atoms. The topological polar surface area (TPSA) is 38.3 Å². The lowest BCUT2D eigenvalue weighted by molar-refractivity contribution is -0.138. The Kier molecular flexibility index (Phi) is 20.2. The predicted molar refractivity (Wildman–Crippen MR) is 98.2 cm³/mol. The van der Waals surface area contributed by atoms with Crippen molar-refractivity contribution >= 4 is 28.1 Å². The number of ether oxygens (including phenoxy) is 1. The molecule has 124 valence electrons. The Hall–Kier alpha value is -1.03. The second-order valence-corrected chi connectivity index (χ2v) is 4.97. The number of nitrogens with one attached hydrogen (secondary N) is 1. The van der Waals surface area contributed by atoms with Crippen molar-refractivity contribution < 1.29 is 9.53 Å². The van der Waals surface area contributed by atoms with Gasteiger partial charge in [0.15, 0.2) is 0 Å². The number of hydrogen-bond donors (Lipinski definition) is 1. The Bertz CT molecular complexity index is 296. The summed E-state index contributed by atoms with van der Waals surface area (Å²) in [5, 5.41) is 3.99. The van der Waals surface area contributed by atoms with Gasteiger partial charge in [-0.05, 0) is 38.5 Å². The third-order valence-electron chi connectivity index (χ3n) is 1.80. The molecule has 0 aliphatic carbocycles. The normalized spacial score (nSPS) is 8.62. The van der Waals surface area contributed by atoms with Crippen molar-refractivity contribution in [3.63, 3.8) is 0 Å². The Morgan fingerprint density at radius 3 is 1.71 bits per heavy atom. The molecule has 1 N–H and O–H groups in total. The van der Waals surface area contributed by atoms with Crippen LogP contribution in [0, 0.1) is 0 Å². The molecule has 0 amide bonds. The molecule has 4 heteroatoms. The number of carbonyl (C=O) groups excluding carboxylic acids is 1. The molecule has 1 rings (SSSR count). The number of hydrogen-bond acceptors (Lipinski definition) is 3. The average Bonchev–Trinajstić information content (AvgIpc) is 2.51. The molecule has 0 heterocycles. The lowest BCUT2D eigenvalue weighted by atomic mass is 10.2. The zero-order chi connectivity index (χ0) is 17.3. The smallest absolute Gasteiger partial charge is 0.293 e. The van der Waals surface area contributed by atoms with E-state index in [1.54, 1.807) is 0 Å². The van der Waals surface area contributed by atoms with Crippen LogP contribution in [-0.2, 0) is 14.9 Å². The van der Waals surface area contributed by atoms with Crippen molar-refractivity contribution in [2.24, 2.45) is 0 Å². The molecule has 0 unspecified atom stereocenters. The quantitative estimate of drug-likeness (QED) is 0.559.